The van der Waals surface area contributed by atoms with Gasteiger partial charge in [0.1, 0.15) is 0 Å². The average molecular weight is 373 g/mol. The largest absolute Gasteiger partial charge is 0.381 e. The summed E-state index contributed by atoms with van der Waals surface area (Å²) < 4.78 is 5.73. The molecule has 0 saturated heterocycles. The van der Waals surface area contributed by atoms with Gasteiger partial charge < -0.3 is 4.74 Å². The molecule has 0 aromatic rings. The van der Waals surface area contributed by atoms with Crippen LogP contribution in [-0.4, -0.2) is 13.2 Å². The first kappa shape index (κ1) is 20.0. The highest BCUT2D eigenvalue weighted by molar-refractivity contribution is 5.24. The lowest BCUT2D eigenvalue weighted by Gasteiger charge is -2.55. The fraction of sp³-hybridized carbons (Fsp3) is 0.923. The van der Waals surface area contributed by atoms with E-state index in [0.29, 0.717) is 11.5 Å². The molecule has 0 aromatic heterocycles. The average Bonchev–Trinajstić information content (AvgIpc) is 3.08. The van der Waals surface area contributed by atoms with E-state index in [1.165, 1.54) is 64.2 Å². The van der Waals surface area contributed by atoms with Crippen molar-refractivity contribution in [3.8, 4) is 0 Å². The first-order valence-corrected chi connectivity index (χ1v) is 12.2. The van der Waals surface area contributed by atoms with E-state index in [0.717, 1.165) is 35.5 Å². The van der Waals surface area contributed by atoms with Gasteiger partial charge in [-0.2, -0.15) is 0 Å². The van der Waals surface area contributed by atoms with Crippen LogP contribution in [-0.2, 0) is 4.74 Å². The first-order valence-electron chi connectivity index (χ1n) is 12.2. The zero-order valence-electron chi connectivity index (χ0n) is 18.5. The van der Waals surface area contributed by atoms with Gasteiger partial charge in [0.25, 0.3) is 0 Å². The Morgan fingerprint density at radius 2 is 1.85 bits per heavy atom. The topological polar surface area (TPSA) is 9.23 Å². The third-order valence-electron chi connectivity index (χ3n) is 9.47. The maximum absolute atomic E-state index is 5.73. The lowest BCUT2D eigenvalue weighted by atomic mass is 9.50. The molecule has 0 bridgehead atoms. The second-order valence-electron chi connectivity index (χ2n) is 11.2. The van der Waals surface area contributed by atoms with Gasteiger partial charge >= 0.3 is 0 Å². The van der Waals surface area contributed by atoms with E-state index in [1.807, 2.05) is 7.11 Å². The molecular formula is C26H44O. The Hall–Kier alpha value is -0.300. The molecule has 7 atom stereocenters. The van der Waals surface area contributed by atoms with Gasteiger partial charge in [-0.05, 0) is 92.3 Å². The van der Waals surface area contributed by atoms with E-state index in [4.69, 9.17) is 4.74 Å². The van der Waals surface area contributed by atoms with Crippen LogP contribution in [0.2, 0.25) is 0 Å². The maximum atomic E-state index is 5.73. The molecule has 0 radical (unpaired) electrons. The molecule has 3 saturated carbocycles. The third kappa shape index (κ3) is 3.79. The quantitative estimate of drug-likeness (QED) is 0.348. The van der Waals surface area contributed by atoms with Crippen LogP contribution in [0.25, 0.3) is 0 Å². The monoisotopic (exact) mass is 372 g/mol. The lowest BCUT2D eigenvalue weighted by molar-refractivity contribution is -0.0200. The van der Waals surface area contributed by atoms with E-state index < -0.39 is 0 Å². The Bertz CT molecular complexity index is 534. The van der Waals surface area contributed by atoms with E-state index >= 15 is 0 Å². The number of ether oxygens (including phenoxy) is 1. The van der Waals surface area contributed by atoms with Gasteiger partial charge in [-0.3, -0.25) is 0 Å². The zero-order chi connectivity index (χ0) is 19.0. The van der Waals surface area contributed by atoms with Crippen molar-refractivity contribution >= 4 is 0 Å². The number of hydrogen-bond donors (Lipinski definition) is 0. The first-order chi connectivity index (χ1) is 13.0. The van der Waals surface area contributed by atoms with E-state index in [2.05, 4.69) is 26.8 Å². The normalized spacial score (nSPS) is 43.8. The van der Waals surface area contributed by atoms with Crippen LogP contribution < -0.4 is 0 Å². The van der Waals surface area contributed by atoms with Gasteiger partial charge in [0.05, 0.1) is 6.10 Å². The van der Waals surface area contributed by atoms with Gasteiger partial charge in [-0.1, -0.05) is 58.1 Å². The second-order valence-corrected chi connectivity index (χ2v) is 11.2. The van der Waals surface area contributed by atoms with Crippen molar-refractivity contribution in [3.05, 3.63) is 11.6 Å². The Kier molecular flexibility index (Phi) is 6.08. The molecule has 0 aliphatic heterocycles. The highest BCUT2D eigenvalue weighted by Crippen LogP contribution is 2.62. The third-order valence-corrected chi connectivity index (χ3v) is 9.47. The fourth-order valence-electron chi connectivity index (χ4n) is 7.92. The molecule has 5 unspecified atom stereocenters. The number of methoxy groups -OCH3 is 1. The summed E-state index contributed by atoms with van der Waals surface area (Å²) in [5, 5.41) is 0. The number of allylic oxidation sites excluding steroid dienone is 1. The van der Waals surface area contributed by atoms with Crippen LogP contribution in [0.3, 0.4) is 0 Å². The Morgan fingerprint density at radius 1 is 1.04 bits per heavy atom. The predicted octanol–water partition coefficient (Wildman–Crippen LogP) is 7.41. The molecule has 27 heavy (non-hydrogen) atoms. The Morgan fingerprint density at radius 3 is 2.63 bits per heavy atom. The number of hydrogen-bond acceptors (Lipinski definition) is 1. The standard InChI is InChI=1S/C26H44O/c1-18(2)7-5-6-8-19-9-11-23-22(19)13-14-25-24(23)12-10-20-17-21(27-4)15-16-26(20,25)3/h10,18-19,21-25H,5-9,11-17H2,1-4H3/t19?,21-,22?,23?,24-,25?,26?/m0/s1. The van der Waals surface area contributed by atoms with Crippen molar-refractivity contribution in [1.29, 1.82) is 0 Å². The van der Waals surface area contributed by atoms with Gasteiger partial charge in [0.2, 0.25) is 0 Å². The fourth-order valence-corrected chi connectivity index (χ4v) is 7.92. The molecule has 0 N–H and O–H groups in total. The molecule has 0 heterocycles. The predicted molar refractivity (Wildman–Crippen MR) is 115 cm³/mol. The molecule has 3 fully saturated rings. The maximum Gasteiger partial charge on any atom is 0.0608 e. The second kappa shape index (κ2) is 8.21. The molecule has 4 aliphatic carbocycles. The molecule has 0 aromatic carbocycles. The molecular weight excluding hydrogens is 328 g/mol. The minimum Gasteiger partial charge on any atom is -0.381 e. The van der Waals surface area contributed by atoms with Crippen LogP contribution >= 0.6 is 0 Å². The number of rotatable bonds is 6. The molecule has 4 rings (SSSR count). The van der Waals surface area contributed by atoms with Gasteiger partial charge in [0, 0.05) is 7.11 Å². The summed E-state index contributed by atoms with van der Waals surface area (Å²) in [6.45, 7) is 7.37. The van der Waals surface area contributed by atoms with Crippen molar-refractivity contribution in [2.24, 2.45) is 40.9 Å². The van der Waals surface area contributed by atoms with Crippen LogP contribution in [0.4, 0.5) is 0 Å². The van der Waals surface area contributed by atoms with Gasteiger partial charge in [-0.15, -0.1) is 0 Å². The number of unbranched alkanes of at least 4 members (excludes halogenated alkanes) is 1. The Labute approximate surface area is 168 Å². The summed E-state index contributed by atoms with van der Waals surface area (Å²) in [4.78, 5) is 0. The van der Waals surface area contributed by atoms with E-state index in [-0.39, 0.29) is 0 Å². The summed E-state index contributed by atoms with van der Waals surface area (Å²) in [6.07, 6.45) is 20.5. The molecule has 154 valence electrons. The highest BCUT2D eigenvalue weighted by atomic mass is 16.5. The molecule has 0 spiro atoms. The van der Waals surface area contributed by atoms with Crippen LogP contribution in [0.1, 0.15) is 97.8 Å². The van der Waals surface area contributed by atoms with Crippen molar-refractivity contribution in [2.45, 2.75) is 104 Å². The lowest BCUT2D eigenvalue weighted by Crippen LogP contribution is -2.47. The number of fused-ring (bicyclic) bond motifs is 5. The van der Waals surface area contributed by atoms with Crippen LogP contribution in [0.15, 0.2) is 11.6 Å². The Balaban J connectivity index is 1.40. The van der Waals surface area contributed by atoms with Crippen LogP contribution in [0.5, 0.6) is 0 Å². The molecule has 0 amide bonds. The summed E-state index contributed by atoms with van der Waals surface area (Å²) in [6, 6.07) is 0. The highest BCUT2D eigenvalue weighted by Gasteiger charge is 2.53. The van der Waals surface area contributed by atoms with Crippen molar-refractivity contribution in [1.82, 2.24) is 0 Å². The zero-order valence-corrected chi connectivity index (χ0v) is 18.5. The smallest absolute Gasteiger partial charge is 0.0608 e. The van der Waals surface area contributed by atoms with E-state index in [1.54, 1.807) is 18.4 Å². The summed E-state index contributed by atoms with van der Waals surface area (Å²) in [7, 11) is 1.91. The summed E-state index contributed by atoms with van der Waals surface area (Å²) >= 11 is 0. The van der Waals surface area contributed by atoms with Crippen molar-refractivity contribution in [3.63, 3.8) is 0 Å². The summed E-state index contributed by atoms with van der Waals surface area (Å²) in [5.41, 5.74) is 2.27. The molecule has 1 nitrogen and oxygen atoms in total. The minimum absolute atomic E-state index is 0.485. The summed E-state index contributed by atoms with van der Waals surface area (Å²) in [5.74, 6) is 6.03. The molecule has 1 heteroatoms. The van der Waals surface area contributed by atoms with Gasteiger partial charge in [-0.25, -0.2) is 0 Å². The molecule has 4 aliphatic rings. The van der Waals surface area contributed by atoms with Gasteiger partial charge in [0.15, 0.2) is 0 Å². The van der Waals surface area contributed by atoms with Crippen molar-refractivity contribution in [2.75, 3.05) is 7.11 Å². The van der Waals surface area contributed by atoms with E-state index in [9.17, 15) is 0 Å². The minimum atomic E-state index is 0.485. The van der Waals surface area contributed by atoms with Crippen LogP contribution in [0, 0.1) is 40.9 Å². The SMILES string of the molecule is CO[C@H]1CCC2(C)C(=CC[C@H]3C4CCC(CCCCC(C)C)C4CCC32)C1. The van der Waals surface area contributed by atoms with Crippen molar-refractivity contribution < 1.29 is 4.74 Å².